The number of halogens is 1. The summed E-state index contributed by atoms with van der Waals surface area (Å²) in [5.41, 5.74) is 1.52. The molecule has 0 aliphatic carbocycles. The minimum Gasteiger partial charge on any atom is -0.507 e. The van der Waals surface area contributed by atoms with Crippen LogP contribution < -0.4 is 5.32 Å². The van der Waals surface area contributed by atoms with Crippen LogP contribution in [0.15, 0.2) is 46.9 Å². The molecule has 0 saturated heterocycles. The highest BCUT2D eigenvalue weighted by Gasteiger charge is 2.09. The van der Waals surface area contributed by atoms with E-state index in [2.05, 4.69) is 21.2 Å². The molecule has 2 N–H and O–H groups in total. The lowest BCUT2D eigenvalue weighted by atomic mass is 10.1. The molecule has 0 unspecified atom stereocenters. The summed E-state index contributed by atoms with van der Waals surface area (Å²) in [7, 11) is 0. The largest absolute Gasteiger partial charge is 0.507 e. The van der Waals surface area contributed by atoms with Crippen molar-refractivity contribution in [1.82, 2.24) is 0 Å². The maximum atomic E-state index is 12.0. The van der Waals surface area contributed by atoms with Crippen LogP contribution in [0.5, 0.6) is 5.75 Å². The van der Waals surface area contributed by atoms with Crippen LogP contribution in [-0.2, 0) is 0 Å². The van der Waals surface area contributed by atoms with E-state index in [4.69, 9.17) is 0 Å². The van der Waals surface area contributed by atoms with Gasteiger partial charge in [0.15, 0.2) is 5.78 Å². The minimum absolute atomic E-state index is 0.00424. The number of carbonyl (C=O) groups is 2. The number of rotatable bonds is 3. The highest BCUT2D eigenvalue weighted by Crippen LogP contribution is 2.24. The number of amides is 1. The van der Waals surface area contributed by atoms with Gasteiger partial charge in [-0.05, 0) is 65.3 Å². The first kappa shape index (κ1) is 14.3. The van der Waals surface area contributed by atoms with Crippen LogP contribution >= 0.6 is 15.9 Å². The maximum absolute atomic E-state index is 12.0. The number of Topliss-reactive ketones (excluding diaryl/α,β-unsaturated/α-hetero) is 1. The fraction of sp³-hybridized carbons (Fsp3) is 0.0667. The van der Waals surface area contributed by atoms with Crippen molar-refractivity contribution in [1.29, 1.82) is 0 Å². The lowest BCUT2D eigenvalue weighted by molar-refractivity contribution is 0.101. The van der Waals surface area contributed by atoms with Crippen LogP contribution in [0, 0.1) is 0 Å². The standard InChI is InChI=1S/C15H12BrNO3/c1-9(18)10-2-5-12(6-3-10)17-15(20)11-4-7-13(16)14(19)8-11/h2-8,19H,1H3,(H,17,20). The van der Waals surface area contributed by atoms with E-state index in [1.807, 2.05) is 0 Å². The molecule has 0 heterocycles. The highest BCUT2D eigenvalue weighted by atomic mass is 79.9. The number of nitrogens with one attached hydrogen (secondary N) is 1. The van der Waals surface area contributed by atoms with Gasteiger partial charge in [0.2, 0.25) is 0 Å². The number of hydrogen-bond donors (Lipinski definition) is 2. The second kappa shape index (κ2) is 5.88. The van der Waals surface area contributed by atoms with Gasteiger partial charge in [0.25, 0.3) is 5.91 Å². The van der Waals surface area contributed by atoms with Gasteiger partial charge in [-0.2, -0.15) is 0 Å². The zero-order chi connectivity index (χ0) is 14.7. The van der Waals surface area contributed by atoms with Gasteiger partial charge < -0.3 is 10.4 Å². The zero-order valence-electron chi connectivity index (χ0n) is 10.7. The molecule has 102 valence electrons. The molecular formula is C15H12BrNO3. The van der Waals surface area contributed by atoms with Crippen molar-refractivity contribution >= 4 is 33.3 Å². The predicted octanol–water partition coefficient (Wildman–Crippen LogP) is 3.61. The summed E-state index contributed by atoms with van der Waals surface area (Å²) in [6, 6.07) is 11.2. The van der Waals surface area contributed by atoms with Crippen molar-refractivity contribution < 1.29 is 14.7 Å². The molecule has 0 spiro atoms. The van der Waals surface area contributed by atoms with Crippen molar-refractivity contribution in [2.24, 2.45) is 0 Å². The van der Waals surface area contributed by atoms with Crippen molar-refractivity contribution in [3.8, 4) is 5.75 Å². The van der Waals surface area contributed by atoms with E-state index in [1.54, 1.807) is 36.4 Å². The fourth-order valence-electron chi connectivity index (χ4n) is 1.65. The normalized spacial score (nSPS) is 10.1. The molecule has 0 bridgehead atoms. The number of anilines is 1. The molecule has 1 amide bonds. The second-order valence-electron chi connectivity index (χ2n) is 4.25. The summed E-state index contributed by atoms with van der Waals surface area (Å²) >= 11 is 3.15. The molecular weight excluding hydrogens is 322 g/mol. The van der Waals surface area contributed by atoms with E-state index in [0.29, 0.717) is 21.3 Å². The smallest absolute Gasteiger partial charge is 0.255 e. The molecule has 5 heteroatoms. The first-order valence-electron chi connectivity index (χ1n) is 5.88. The molecule has 2 aromatic rings. The Kier molecular flexibility index (Phi) is 4.20. The summed E-state index contributed by atoms with van der Waals surface area (Å²) in [6.07, 6.45) is 0. The Morgan fingerprint density at radius 3 is 2.20 bits per heavy atom. The van der Waals surface area contributed by atoms with E-state index in [1.165, 1.54) is 13.0 Å². The molecule has 2 aromatic carbocycles. The molecule has 0 aliphatic heterocycles. The number of benzene rings is 2. The number of phenols is 1. The lowest BCUT2D eigenvalue weighted by Gasteiger charge is -2.06. The summed E-state index contributed by atoms with van der Waals surface area (Å²) < 4.78 is 0.528. The highest BCUT2D eigenvalue weighted by molar-refractivity contribution is 9.10. The molecule has 2 rings (SSSR count). The SMILES string of the molecule is CC(=O)c1ccc(NC(=O)c2ccc(Br)c(O)c2)cc1. The number of hydrogen-bond acceptors (Lipinski definition) is 3. The summed E-state index contributed by atoms with van der Waals surface area (Å²) in [4.78, 5) is 23.1. The molecule has 0 saturated carbocycles. The first-order chi connectivity index (χ1) is 9.47. The minimum atomic E-state index is -0.330. The monoisotopic (exact) mass is 333 g/mol. The molecule has 4 nitrogen and oxygen atoms in total. The van der Waals surface area contributed by atoms with Crippen LogP contribution in [0.3, 0.4) is 0 Å². The van der Waals surface area contributed by atoms with Crippen LogP contribution in [0.2, 0.25) is 0 Å². The van der Waals surface area contributed by atoms with Gasteiger partial charge in [-0.3, -0.25) is 9.59 Å². The van der Waals surface area contributed by atoms with Crippen LogP contribution in [0.1, 0.15) is 27.6 Å². The number of phenolic OH excluding ortho intramolecular Hbond substituents is 1. The van der Waals surface area contributed by atoms with Gasteiger partial charge >= 0.3 is 0 Å². The third-order valence-corrected chi connectivity index (χ3v) is 3.43. The summed E-state index contributed by atoms with van der Waals surface area (Å²) in [6.45, 7) is 1.48. The van der Waals surface area contributed by atoms with Crippen LogP contribution in [-0.4, -0.2) is 16.8 Å². The first-order valence-corrected chi connectivity index (χ1v) is 6.67. The maximum Gasteiger partial charge on any atom is 0.255 e. The predicted molar refractivity (Wildman–Crippen MR) is 80.2 cm³/mol. The number of carbonyl (C=O) groups excluding carboxylic acids is 2. The van der Waals surface area contributed by atoms with Gasteiger partial charge in [0.05, 0.1) is 4.47 Å². The molecule has 0 radical (unpaired) electrons. The average molecular weight is 334 g/mol. The van der Waals surface area contributed by atoms with Gasteiger partial charge in [-0.25, -0.2) is 0 Å². The molecule has 0 atom stereocenters. The van der Waals surface area contributed by atoms with Crippen LogP contribution in [0.25, 0.3) is 0 Å². The quantitative estimate of drug-likeness (QED) is 0.843. The third kappa shape index (κ3) is 3.24. The average Bonchev–Trinajstić information content (AvgIpc) is 2.42. The summed E-state index contributed by atoms with van der Waals surface area (Å²) in [5.74, 6) is -0.353. The Bertz CT molecular complexity index is 665. The fourth-order valence-corrected chi connectivity index (χ4v) is 1.89. The third-order valence-electron chi connectivity index (χ3n) is 2.76. The molecule has 0 aromatic heterocycles. The van der Waals surface area contributed by atoms with Crippen LogP contribution in [0.4, 0.5) is 5.69 Å². The van der Waals surface area contributed by atoms with E-state index in [9.17, 15) is 14.7 Å². The Balaban J connectivity index is 2.14. The molecule has 20 heavy (non-hydrogen) atoms. The Morgan fingerprint density at radius 2 is 1.65 bits per heavy atom. The van der Waals surface area contributed by atoms with E-state index < -0.39 is 0 Å². The van der Waals surface area contributed by atoms with Gasteiger partial charge in [-0.1, -0.05) is 0 Å². The Labute approximate surface area is 124 Å². The molecule has 0 fully saturated rings. The summed E-state index contributed by atoms with van der Waals surface area (Å²) in [5, 5.41) is 12.2. The van der Waals surface area contributed by atoms with Gasteiger partial charge in [-0.15, -0.1) is 0 Å². The number of ketones is 1. The van der Waals surface area contributed by atoms with E-state index in [-0.39, 0.29) is 17.4 Å². The molecule has 0 aliphatic rings. The van der Waals surface area contributed by atoms with Crippen molar-refractivity contribution in [3.63, 3.8) is 0 Å². The Morgan fingerprint density at radius 1 is 1.05 bits per heavy atom. The van der Waals surface area contributed by atoms with Crippen molar-refractivity contribution in [2.45, 2.75) is 6.92 Å². The second-order valence-corrected chi connectivity index (χ2v) is 5.11. The Hall–Kier alpha value is -2.14. The van der Waals surface area contributed by atoms with Crippen molar-refractivity contribution in [3.05, 3.63) is 58.1 Å². The topological polar surface area (TPSA) is 66.4 Å². The lowest BCUT2D eigenvalue weighted by Crippen LogP contribution is -2.11. The zero-order valence-corrected chi connectivity index (χ0v) is 12.3. The van der Waals surface area contributed by atoms with Gasteiger partial charge in [0, 0.05) is 16.8 Å². The van der Waals surface area contributed by atoms with E-state index >= 15 is 0 Å². The van der Waals surface area contributed by atoms with E-state index in [0.717, 1.165) is 0 Å². The van der Waals surface area contributed by atoms with Gasteiger partial charge in [0.1, 0.15) is 5.75 Å². The number of aromatic hydroxyl groups is 1. The van der Waals surface area contributed by atoms with Crippen molar-refractivity contribution in [2.75, 3.05) is 5.32 Å².